The maximum absolute atomic E-state index is 12.3. The quantitative estimate of drug-likeness (QED) is 0.874. The third kappa shape index (κ3) is 3.33. The predicted octanol–water partition coefficient (Wildman–Crippen LogP) is 3.81. The maximum Gasteiger partial charge on any atom is 0.255 e. The number of aryl methyl sites for hydroxylation is 1. The van der Waals surface area contributed by atoms with Crippen LogP contribution in [0.1, 0.15) is 41.4 Å². The number of hydrogen-bond acceptors (Lipinski definition) is 3. The Kier molecular flexibility index (Phi) is 4.35. The van der Waals surface area contributed by atoms with Crippen LogP contribution < -0.4 is 5.32 Å². The lowest BCUT2D eigenvalue weighted by molar-refractivity contribution is 0.102. The highest BCUT2D eigenvalue weighted by atomic mass is 35.5. The van der Waals surface area contributed by atoms with Crippen molar-refractivity contribution >= 4 is 23.2 Å². The van der Waals surface area contributed by atoms with E-state index in [-0.39, 0.29) is 11.8 Å². The van der Waals surface area contributed by atoms with Gasteiger partial charge in [0.25, 0.3) is 5.91 Å². The van der Waals surface area contributed by atoms with Gasteiger partial charge in [-0.1, -0.05) is 25.4 Å². The molecule has 0 radical (unpaired) electrons. The minimum Gasteiger partial charge on any atom is -0.320 e. The number of carbonyl (C=O) groups excluding carboxylic acids is 1. The van der Waals surface area contributed by atoms with Gasteiger partial charge in [-0.25, -0.2) is 4.98 Å². The molecule has 0 bridgehead atoms. The molecular weight excluding hydrogens is 274 g/mol. The summed E-state index contributed by atoms with van der Waals surface area (Å²) in [5.41, 5.74) is 2.94. The van der Waals surface area contributed by atoms with Gasteiger partial charge < -0.3 is 5.32 Å². The van der Waals surface area contributed by atoms with Gasteiger partial charge in [0.1, 0.15) is 5.15 Å². The molecule has 0 aliphatic heterocycles. The summed E-state index contributed by atoms with van der Waals surface area (Å²) in [4.78, 5) is 20.5. The van der Waals surface area contributed by atoms with Crippen LogP contribution in [0.15, 0.2) is 30.6 Å². The summed E-state index contributed by atoms with van der Waals surface area (Å²) in [6.45, 7) is 5.92. The first-order chi connectivity index (χ1) is 9.47. The highest BCUT2D eigenvalue weighted by Crippen LogP contribution is 2.19. The van der Waals surface area contributed by atoms with Crippen molar-refractivity contribution in [2.75, 3.05) is 5.32 Å². The second kappa shape index (κ2) is 6.01. The van der Waals surface area contributed by atoms with E-state index in [2.05, 4.69) is 15.3 Å². The molecule has 0 aromatic carbocycles. The Balaban J connectivity index is 2.28. The van der Waals surface area contributed by atoms with E-state index in [1.165, 1.54) is 0 Å². The van der Waals surface area contributed by atoms with E-state index in [0.29, 0.717) is 16.4 Å². The van der Waals surface area contributed by atoms with Crippen molar-refractivity contribution in [3.63, 3.8) is 0 Å². The first kappa shape index (κ1) is 14.5. The fourth-order valence-corrected chi connectivity index (χ4v) is 1.95. The summed E-state index contributed by atoms with van der Waals surface area (Å²) in [6, 6.07) is 5.17. The van der Waals surface area contributed by atoms with Crippen LogP contribution in [0.5, 0.6) is 0 Å². The number of hydrogen-bond donors (Lipinski definition) is 1. The van der Waals surface area contributed by atoms with Crippen LogP contribution in [0.4, 0.5) is 5.69 Å². The number of amides is 1. The van der Waals surface area contributed by atoms with Gasteiger partial charge in [-0.3, -0.25) is 9.78 Å². The lowest BCUT2D eigenvalue weighted by Gasteiger charge is -2.10. The SMILES string of the molecule is Cc1ccncc1NC(=O)c1cc(Cl)nc(C(C)C)c1. The molecule has 0 saturated carbocycles. The molecule has 0 fully saturated rings. The standard InChI is InChI=1S/C15H16ClN3O/c1-9(2)12-6-11(7-14(16)18-12)15(20)19-13-8-17-5-4-10(13)3/h4-9H,1-3H3,(H,19,20). The lowest BCUT2D eigenvalue weighted by atomic mass is 10.1. The molecule has 0 aliphatic rings. The molecule has 2 heterocycles. The van der Waals surface area contributed by atoms with Gasteiger partial charge in [-0.15, -0.1) is 0 Å². The molecule has 2 aromatic heterocycles. The molecule has 0 spiro atoms. The number of halogens is 1. The predicted molar refractivity (Wildman–Crippen MR) is 80.3 cm³/mol. The Morgan fingerprint density at radius 1 is 1.35 bits per heavy atom. The highest BCUT2D eigenvalue weighted by molar-refractivity contribution is 6.29. The second-order valence-electron chi connectivity index (χ2n) is 4.90. The number of carbonyl (C=O) groups is 1. The first-order valence-corrected chi connectivity index (χ1v) is 6.74. The zero-order chi connectivity index (χ0) is 14.7. The summed E-state index contributed by atoms with van der Waals surface area (Å²) < 4.78 is 0. The van der Waals surface area contributed by atoms with Crippen molar-refractivity contribution in [2.45, 2.75) is 26.7 Å². The summed E-state index contributed by atoms with van der Waals surface area (Å²) in [5.74, 6) is -0.00678. The highest BCUT2D eigenvalue weighted by Gasteiger charge is 2.12. The third-order valence-corrected chi connectivity index (χ3v) is 3.15. The van der Waals surface area contributed by atoms with E-state index < -0.39 is 0 Å². The smallest absolute Gasteiger partial charge is 0.255 e. The molecule has 20 heavy (non-hydrogen) atoms. The van der Waals surface area contributed by atoms with Crippen molar-refractivity contribution in [2.24, 2.45) is 0 Å². The normalized spacial score (nSPS) is 10.7. The number of anilines is 1. The average molecular weight is 290 g/mol. The van der Waals surface area contributed by atoms with E-state index in [9.17, 15) is 4.79 Å². The Hall–Kier alpha value is -1.94. The van der Waals surface area contributed by atoms with Crippen molar-refractivity contribution in [1.29, 1.82) is 0 Å². The van der Waals surface area contributed by atoms with Gasteiger partial charge in [0.05, 0.1) is 11.9 Å². The van der Waals surface area contributed by atoms with Gasteiger partial charge in [0, 0.05) is 17.5 Å². The first-order valence-electron chi connectivity index (χ1n) is 6.37. The molecule has 1 N–H and O–H groups in total. The summed E-state index contributed by atoms with van der Waals surface area (Å²) >= 11 is 5.97. The van der Waals surface area contributed by atoms with Crippen LogP contribution in [0.2, 0.25) is 5.15 Å². The molecule has 2 rings (SSSR count). The molecule has 0 saturated heterocycles. The lowest BCUT2D eigenvalue weighted by Crippen LogP contribution is -2.14. The van der Waals surface area contributed by atoms with Crippen LogP contribution in [0, 0.1) is 6.92 Å². The van der Waals surface area contributed by atoms with E-state index in [1.807, 2.05) is 26.8 Å². The number of aromatic nitrogens is 2. The van der Waals surface area contributed by atoms with Crippen molar-refractivity contribution in [3.05, 3.63) is 52.6 Å². The van der Waals surface area contributed by atoms with E-state index in [0.717, 1.165) is 11.3 Å². The second-order valence-corrected chi connectivity index (χ2v) is 5.29. The minimum absolute atomic E-state index is 0.209. The number of nitrogens with one attached hydrogen (secondary N) is 1. The Morgan fingerprint density at radius 3 is 2.75 bits per heavy atom. The zero-order valence-electron chi connectivity index (χ0n) is 11.6. The molecule has 0 atom stereocenters. The van der Waals surface area contributed by atoms with E-state index in [1.54, 1.807) is 24.5 Å². The zero-order valence-corrected chi connectivity index (χ0v) is 12.4. The molecule has 0 aliphatic carbocycles. The molecule has 2 aromatic rings. The molecule has 5 heteroatoms. The molecule has 4 nitrogen and oxygen atoms in total. The Morgan fingerprint density at radius 2 is 2.10 bits per heavy atom. The third-order valence-electron chi connectivity index (χ3n) is 2.95. The molecule has 1 amide bonds. The van der Waals surface area contributed by atoms with Crippen LogP contribution in [0.3, 0.4) is 0 Å². The van der Waals surface area contributed by atoms with Gasteiger partial charge in [-0.05, 0) is 36.6 Å². The monoisotopic (exact) mass is 289 g/mol. The largest absolute Gasteiger partial charge is 0.320 e. The van der Waals surface area contributed by atoms with Crippen LogP contribution in [0.25, 0.3) is 0 Å². The topological polar surface area (TPSA) is 54.9 Å². The Labute approximate surface area is 123 Å². The minimum atomic E-state index is -0.215. The summed E-state index contributed by atoms with van der Waals surface area (Å²) in [7, 11) is 0. The van der Waals surface area contributed by atoms with Gasteiger partial charge in [-0.2, -0.15) is 0 Å². The molecular formula is C15H16ClN3O. The van der Waals surface area contributed by atoms with Crippen LogP contribution >= 0.6 is 11.6 Å². The van der Waals surface area contributed by atoms with Crippen LogP contribution in [-0.4, -0.2) is 15.9 Å². The van der Waals surface area contributed by atoms with Gasteiger partial charge in [0.2, 0.25) is 0 Å². The van der Waals surface area contributed by atoms with Gasteiger partial charge in [0.15, 0.2) is 0 Å². The maximum atomic E-state index is 12.3. The van der Waals surface area contributed by atoms with Crippen molar-refractivity contribution < 1.29 is 4.79 Å². The van der Waals surface area contributed by atoms with Crippen molar-refractivity contribution in [3.8, 4) is 0 Å². The average Bonchev–Trinajstić information content (AvgIpc) is 2.40. The van der Waals surface area contributed by atoms with Gasteiger partial charge >= 0.3 is 0 Å². The number of rotatable bonds is 3. The fourth-order valence-electron chi connectivity index (χ4n) is 1.73. The molecule has 104 valence electrons. The summed E-state index contributed by atoms with van der Waals surface area (Å²) in [5, 5.41) is 3.16. The number of nitrogens with zero attached hydrogens (tertiary/aromatic N) is 2. The summed E-state index contributed by atoms with van der Waals surface area (Å²) in [6.07, 6.45) is 3.31. The van der Waals surface area contributed by atoms with E-state index >= 15 is 0 Å². The van der Waals surface area contributed by atoms with Crippen LogP contribution in [-0.2, 0) is 0 Å². The number of pyridine rings is 2. The Bertz CT molecular complexity index is 641. The van der Waals surface area contributed by atoms with Crippen molar-refractivity contribution in [1.82, 2.24) is 9.97 Å². The van der Waals surface area contributed by atoms with E-state index in [4.69, 9.17) is 11.6 Å². The fraction of sp³-hybridized carbons (Fsp3) is 0.267. The molecule has 0 unspecified atom stereocenters.